The Morgan fingerprint density at radius 1 is 1.25 bits per heavy atom. The highest BCUT2D eigenvalue weighted by molar-refractivity contribution is 8.14. The van der Waals surface area contributed by atoms with Gasteiger partial charge in [0.05, 0.1) is 12.2 Å². The predicted octanol–water partition coefficient (Wildman–Crippen LogP) is 3.74. The Bertz CT molecular complexity index is 886. The van der Waals surface area contributed by atoms with Gasteiger partial charge >= 0.3 is 0 Å². The molecule has 1 N–H and O–H groups in total. The molecule has 0 unspecified atom stereocenters. The van der Waals surface area contributed by atoms with Gasteiger partial charge in [-0.1, -0.05) is 11.8 Å². The van der Waals surface area contributed by atoms with E-state index in [2.05, 4.69) is 34.3 Å². The Kier molecular flexibility index (Phi) is 4.13. The van der Waals surface area contributed by atoms with Gasteiger partial charge in [0.15, 0.2) is 5.17 Å². The Hall–Kier alpha value is -2.47. The Morgan fingerprint density at radius 3 is 2.92 bits per heavy atom. The van der Waals surface area contributed by atoms with Crippen molar-refractivity contribution in [2.75, 3.05) is 17.6 Å². The standard InChI is InChI=1S/C18H18N4OS/c1-13-6-8-22-11-15(20-17(22)10-13)12-23-16-4-2-14(3-5-16)21-18-19-7-9-24-18/h2-6,8,10-11H,7,9,12H2,1H3,(H,19,21). The lowest BCUT2D eigenvalue weighted by molar-refractivity contribution is 0.302. The molecule has 5 nitrogen and oxygen atoms in total. The van der Waals surface area contributed by atoms with Gasteiger partial charge in [-0.3, -0.25) is 4.99 Å². The summed E-state index contributed by atoms with van der Waals surface area (Å²) in [5, 5.41) is 4.30. The smallest absolute Gasteiger partial charge is 0.161 e. The predicted molar refractivity (Wildman–Crippen MR) is 99.1 cm³/mol. The van der Waals surface area contributed by atoms with Crippen molar-refractivity contribution < 1.29 is 4.74 Å². The van der Waals surface area contributed by atoms with Gasteiger partial charge in [-0.2, -0.15) is 0 Å². The second-order valence-electron chi connectivity index (χ2n) is 5.68. The van der Waals surface area contributed by atoms with Gasteiger partial charge in [0, 0.05) is 23.8 Å². The van der Waals surface area contributed by atoms with Gasteiger partial charge < -0.3 is 14.5 Å². The highest BCUT2D eigenvalue weighted by Gasteiger charge is 2.07. The first-order valence-corrected chi connectivity index (χ1v) is 8.86. The number of aryl methyl sites for hydroxylation is 1. The van der Waals surface area contributed by atoms with Crippen LogP contribution in [0.2, 0.25) is 0 Å². The summed E-state index contributed by atoms with van der Waals surface area (Å²) in [6, 6.07) is 12.1. The lowest BCUT2D eigenvalue weighted by Gasteiger charge is -2.07. The number of amidine groups is 1. The van der Waals surface area contributed by atoms with E-state index in [1.807, 2.05) is 41.1 Å². The molecule has 3 aromatic rings. The summed E-state index contributed by atoms with van der Waals surface area (Å²) in [7, 11) is 0. The fourth-order valence-corrected chi connectivity index (χ4v) is 3.28. The van der Waals surface area contributed by atoms with E-state index in [1.165, 1.54) is 5.56 Å². The molecule has 0 fully saturated rings. The number of aliphatic imine (C=N–C) groups is 1. The van der Waals surface area contributed by atoms with Crippen molar-refractivity contribution in [1.82, 2.24) is 9.38 Å². The van der Waals surface area contributed by atoms with Crippen LogP contribution in [0.1, 0.15) is 11.3 Å². The summed E-state index contributed by atoms with van der Waals surface area (Å²) in [4.78, 5) is 8.96. The van der Waals surface area contributed by atoms with Gasteiger partial charge in [0.25, 0.3) is 0 Å². The number of hydrogen-bond acceptors (Lipinski definition) is 5. The molecule has 4 rings (SSSR count). The van der Waals surface area contributed by atoms with Crippen LogP contribution in [0.25, 0.3) is 5.65 Å². The van der Waals surface area contributed by atoms with E-state index in [1.54, 1.807) is 11.8 Å². The molecule has 1 aliphatic rings. The van der Waals surface area contributed by atoms with Gasteiger partial charge in [0.2, 0.25) is 0 Å². The summed E-state index contributed by atoms with van der Waals surface area (Å²) >= 11 is 1.75. The van der Waals surface area contributed by atoms with Gasteiger partial charge in [-0.05, 0) is 48.9 Å². The van der Waals surface area contributed by atoms with Crippen LogP contribution in [0.4, 0.5) is 5.69 Å². The number of ether oxygens (including phenoxy) is 1. The first-order chi connectivity index (χ1) is 11.8. The maximum Gasteiger partial charge on any atom is 0.161 e. The van der Waals surface area contributed by atoms with Crippen LogP contribution in [-0.4, -0.2) is 26.8 Å². The van der Waals surface area contributed by atoms with E-state index in [-0.39, 0.29) is 0 Å². The Balaban J connectivity index is 1.39. The third-order valence-corrected chi connectivity index (χ3v) is 4.63. The zero-order chi connectivity index (χ0) is 16.4. The van der Waals surface area contributed by atoms with Crippen LogP contribution >= 0.6 is 11.8 Å². The molecule has 24 heavy (non-hydrogen) atoms. The molecule has 0 bridgehead atoms. The van der Waals surface area contributed by atoms with Crippen molar-refractivity contribution in [2.45, 2.75) is 13.5 Å². The highest BCUT2D eigenvalue weighted by Crippen LogP contribution is 2.20. The van der Waals surface area contributed by atoms with E-state index in [4.69, 9.17) is 4.74 Å². The maximum atomic E-state index is 5.84. The topological polar surface area (TPSA) is 50.9 Å². The second-order valence-corrected chi connectivity index (χ2v) is 6.76. The molecule has 0 spiro atoms. The van der Waals surface area contributed by atoms with Gasteiger partial charge in [0.1, 0.15) is 18.0 Å². The number of imidazole rings is 1. The number of aromatic nitrogens is 2. The third kappa shape index (κ3) is 3.38. The molecule has 2 aromatic heterocycles. The number of fused-ring (bicyclic) bond motifs is 1. The molecule has 0 atom stereocenters. The lowest BCUT2D eigenvalue weighted by atomic mass is 10.3. The number of pyridine rings is 1. The number of nitrogens with one attached hydrogen (secondary N) is 1. The number of anilines is 1. The van der Waals surface area contributed by atoms with Crippen LogP contribution in [-0.2, 0) is 6.61 Å². The third-order valence-electron chi connectivity index (χ3n) is 3.74. The van der Waals surface area contributed by atoms with Crippen molar-refractivity contribution in [2.24, 2.45) is 4.99 Å². The van der Waals surface area contributed by atoms with Gasteiger partial charge in [-0.25, -0.2) is 4.98 Å². The van der Waals surface area contributed by atoms with Crippen molar-refractivity contribution in [3.63, 3.8) is 0 Å². The van der Waals surface area contributed by atoms with E-state index in [9.17, 15) is 0 Å². The minimum atomic E-state index is 0.454. The molecule has 0 amide bonds. The summed E-state index contributed by atoms with van der Waals surface area (Å²) in [5.74, 6) is 1.89. The first kappa shape index (κ1) is 15.1. The monoisotopic (exact) mass is 338 g/mol. The van der Waals surface area contributed by atoms with Crippen LogP contribution in [0.5, 0.6) is 5.75 Å². The molecule has 0 radical (unpaired) electrons. The molecule has 3 heterocycles. The van der Waals surface area contributed by atoms with Crippen LogP contribution < -0.4 is 10.1 Å². The van der Waals surface area contributed by atoms with E-state index < -0.39 is 0 Å². The van der Waals surface area contributed by atoms with Crippen molar-refractivity contribution in [3.05, 3.63) is 60.0 Å². The van der Waals surface area contributed by atoms with Crippen LogP contribution in [0.15, 0.2) is 53.8 Å². The van der Waals surface area contributed by atoms with E-state index in [0.717, 1.165) is 40.2 Å². The fraction of sp³-hybridized carbons (Fsp3) is 0.222. The zero-order valence-electron chi connectivity index (χ0n) is 13.4. The molecule has 1 aliphatic heterocycles. The van der Waals surface area contributed by atoms with Crippen LogP contribution in [0.3, 0.4) is 0 Å². The quantitative estimate of drug-likeness (QED) is 0.787. The number of thioether (sulfide) groups is 1. The molecule has 0 saturated heterocycles. The van der Waals surface area contributed by atoms with Crippen molar-refractivity contribution in [1.29, 1.82) is 0 Å². The van der Waals surface area contributed by atoms with Crippen molar-refractivity contribution >= 4 is 28.3 Å². The summed E-state index contributed by atoms with van der Waals surface area (Å²) in [5.41, 5.74) is 4.09. The fourth-order valence-electron chi connectivity index (χ4n) is 2.53. The SMILES string of the molecule is Cc1ccn2cc(COc3ccc(NC4=NCCS4)cc3)nc2c1. The average Bonchev–Trinajstić information content (AvgIpc) is 3.23. The molecule has 122 valence electrons. The first-order valence-electron chi connectivity index (χ1n) is 7.88. The minimum absolute atomic E-state index is 0.454. The maximum absolute atomic E-state index is 5.84. The summed E-state index contributed by atoms with van der Waals surface area (Å²) in [6.07, 6.45) is 4.02. The lowest BCUT2D eigenvalue weighted by Crippen LogP contribution is -2.04. The van der Waals surface area contributed by atoms with Gasteiger partial charge in [-0.15, -0.1) is 0 Å². The second kappa shape index (κ2) is 6.57. The average molecular weight is 338 g/mol. The number of rotatable bonds is 4. The van der Waals surface area contributed by atoms with Crippen LogP contribution in [0, 0.1) is 6.92 Å². The molecule has 1 aromatic carbocycles. The Labute approximate surface area is 144 Å². The molecule has 6 heteroatoms. The normalized spacial score (nSPS) is 14.0. The summed E-state index contributed by atoms with van der Waals surface area (Å²) in [6.45, 7) is 3.42. The zero-order valence-corrected chi connectivity index (χ0v) is 14.2. The number of nitrogens with zero attached hydrogens (tertiary/aromatic N) is 3. The van der Waals surface area contributed by atoms with E-state index >= 15 is 0 Å². The van der Waals surface area contributed by atoms with E-state index in [0.29, 0.717) is 6.61 Å². The molecule has 0 saturated carbocycles. The summed E-state index contributed by atoms with van der Waals surface area (Å²) < 4.78 is 7.85. The van der Waals surface area contributed by atoms with Crippen molar-refractivity contribution in [3.8, 4) is 5.75 Å². The Morgan fingerprint density at radius 2 is 2.12 bits per heavy atom. The molecular weight excluding hydrogens is 320 g/mol. The largest absolute Gasteiger partial charge is 0.487 e. The highest BCUT2D eigenvalue weighted by atomic mass is 32.2. The molecular formula is C18H18N4OS. The number of benzene rings is 1. The molecule has 0 aliphatic carbocycles. The minimum Gasteiger partial charge on any atom is -0.487 e. The number of hydrogen-bond donors (Lipinski definition) is 1.